The molecular formula is C12H22N4O. The van der Waals surface area contributed by atoms with Crippen molar-refractivity contribution < 1.29 is 5.11 Å². The van der Waals surface area contributed by atoms with Crippen LogP contribution in [0, 0.1) is 0 Å². The number of anilines is 2. The van der Waals surface area contributed by atoms with E-state index < -0.39 is 0 Å². The SMILES string of the molecule is CCc1c(NC)ncnc1N(CC)CCCO. The van der Waals surface area contributed by atoms with E-state index in [-0.39, 0.29) is 6.61 Å². The number of hydrogen-bond acceptors (Lipinski definition) is 5. The summed E-state index contributed by atoms with van der Waals surface area (Å²) in [6.07, 6.45) is 3.24. The molecule has 0 aliphatic carbocycles. The molecule has 5 nitrogen and oxygen atoms in total. The van der Waals surface area contributed by atoms with Crippen LogP contribution in [0.25, 0.3) is 0 Å². The Bertz CT molecular complexity index is 343. The maximum absolute atomic E-state index is 8.91. The molecule has 0 radical (unpaired) electrons. The summed E-state index contributed by atoms with van der Waals surface area (Å²) >= 11 is 0. The van der Waals surface area contributed by atoms with E-state index in [2.05, 4.69) is 34.0 Å². The van der Waals surface area contributed by atoms with Gasteiger partial charge in [-0.3, -0.25) is 0 Å². The van der Waals surface area contributed by atoms with Crippen molar-refractivity contribution in [3.63, 3.8) is 0 Å². The van der Waals surface area contributed by atoms with Crippen molar-refractivity contribution in [2.24, 2.45) is 0 Å². The molecular weight excluding hydrogens is 216 g/mol. The first-order chi connectivity index (χ1) is 8.28. The van der Waals surface area contributed by atoms with E-state index >= 15 is 0 Å². The van der Waals surface area contributed by atoms with Gasteiger partial charge in [0.05, 0.1) is 0 Å². The summed E-state index contributed by atoms with van der Waals surface area (Å²) < 4.78 is 0. The van der Waals surface area contributed by atoms with Gasteiger partial charge >= 0.3 is 0 Å². The molecule has 0 aliphatic heterocycles. The van der Waals surface area contributed by atoms with Crippen molar-refractivity contribution in [1.29, 1.82) is 0 Å². The highest BCUT2D eigenvalue weighted by Crippen LogP contribution is 2.23. The Morgan fingerprint density at radius 2 is 2.12 bits per heavy atom. The van der Waals surface area contributed by atoms with Gasteiger partial charge in [-0.15, -0.1) is 0 Å². The average molecular weight is 238 g/mol. The zero-order valence-electron chi connectivity index (χ0n) is 10.9. The van der Waals surface area contributed by atoms with Crippen LogP contribution in [-0.2, 0) is 6.42 Å². The van der Waals surface area contributed by atoms with Crippen LogP contribution < -0.4 is 10.2 Å². The highest BCUT2D eigenvalue weighted by atomic mass is 16.3. The highest BCUT2D eigenvalue weighted by molar-refractivity contribution is 5.58. The number of nitrogens with zero attached hydrogens (tertiary/aromatic N) is 3. The summed E-state index contributed by atoms with van der Waals surface area (Å²) in [5.74, 6) is 1.86. The van der Waals surface area contributed by atoms with E-state index in [1.54, 1.807) is 6.33 Å². The second-order valence-corrected chi connectivity index (χ2v) is 3.78. The lowest BCUT2D eigenvalue weighted by molar-refractivity contribution is 0.289. The van der Waals surface area contributed by atoms with Crippen LogP contribution in [0.4, 0.5) is 11.6 Å². The minimum absolute atomic E-state index is 0.210. The normalized spacial score (nSPS) is 10.4. The number of rotatable bonds is 7. The van der Waals surface area contributed by atoms with E-state index in [9.17, 15) is 0 Å². The van der Waals surface area contributed by atoms with Crippen LogP contribution in [0.1, 0.15) is 25.8 Å². The molecule has 17 heavy (non-hydrogen) atoms. The van der Waals surface area contributed by atoms with Gasteiger partial charge in [0.15, 0.2) is 0 Å². The molecule has 0 saturated heterocycles. The monoisotopic (exact) mass is 238 g/mol. The molecule has 0 amide bonds. The van der Waals surface area contributed by atoms with Gasteiger partial charge < -0.3 is 15.3 Å². The fourth-order valence-electron chi connectivity index (χ4n) is 1.89. The zero-order valence-corrected chi connectivity index (χ0v) is 10.9. The molecule has 5 heteroatoms. The number of hydrogen-bond donors (Lipinski definition) is 2. The lowest BCUT2D eigenvalue weighted by Crippen LogP contribution is -2.27. The predicted molar refractivity (Wildman–Crippen MR) is 70.5 cm³/mol. The molecule has 1 heterocycles. The molecule has 0 aliphatic rings. The molecule has 1 aromatic heterocycles. The molecule has 1 aromatic rings. The first-order valence-electron chi connectivity index (χ1n) is 6.15. The largest absolute Gasteiger partial charge is 0.396 e. The van der Waals surface area contributed by atoms with Crippen LogP contribution in [0.3, 0.4) is 0 Å². The van der Waals surface area contributed by atoms with Gasteiger partial charge in [0.25, 0.3) is 0 Å². The second kappa shape index (κ2) is 7.06. The molecule has 0 fully saturated rings. The van der Waals surface area contributed by atoms with Crippen LogP contribution in [0.15, 0.2) is 6.33 Å². The maximum Gasteiger partial charge on any atom is 0.137 e. The Balaban J connectivity index is 3.00. The van der Waals surface area contributed by atoms with Crippen molar-refractivity contribution in [3.05, 3.63) is 11.9 Å². The molecule has 0 saturated carbocycles. The van der Waals surface area contributed by atoms with Crippen molar-refractivity contribution in [3.8, 4) is 0 Å². The van der Waals surface area contributed by atoms with Crippen LogP contribution in [-0.4, -0.2) is 41.8 Å². The molecule has 0 spiro atoms. The lowest BCUT2D eigenvalue weighted by Gasteiger charge is -2.24. The number of nitrogens with one attached hydrogen (secondary N) is 1. The topological polar surface area (TPSA) is 61.3 Å². The maximum atomic E-state index is 8.91. The Hall–Kier alpha value is -1.36. The lowest BCUT2D eigenvalue weighted by atomic mass is 10.2. The minimum atomic E-state index is 0.210. The van der Waals surface area contributed by atoms with Crippen molar-refractivity contribution in [2.45, 2.75) is 26.7 Å². The molecule has 0 aromatic carbocycles. The van der Waals surface area contributed by atoms with E-state index in [0.717, 1.165) is 43.1 Å². The number of aliphatic hydroxyl groups is 1. The first kappa shape index (κ1) is 13.7. The van der Waals surface area contributed by atoms with Gasteiger partial charge in [0, 0.05) is 32.3 Å². The third-order valence-electron chi connectivity index (χ3n) is 2.78. The molecule has 2 N–H and O–H groups in total. The summed E-state index contributed by atoms with van der Waals surface area (Å²) in [5.41, 5.74) is 1.13. The van der Waals surface area contributed by atoms with Crippen LogP contribution in [0.2, 0.25) is 0 Å². The highest BCUT2D eigenvalue weighted by Gasteiger charge is 2.13. The minimum Gasteiger partial charge on any atom is -0.396 e. The molecule has 0 atom stereocenters. The summed E-state index contributed by atoms with van der Waals surface area (Å²) in [7, 11) is 1.87. The van der Waals surface area contributed by atoms with E-state index in [1.807, 2.05) is 7.05 Å². The van der Waals surface area contributed by atoms with Gasteiger partial charge in [-0.1, -0.05) is 6.92 Å². The fourth-order valence-corrected chi connectivity index (χ4v) is 1.89. The van der Waals surface area contributed by atoms with Crippen molar-refractivity contribution in [1.82, 2.24) is 9.97 Å². The summed E-state index contributed by atoms with van der Waals surface area (Å²) in [6, 6.07) is 0. The number of aliphatic hydroxyl groups excluding tert-OH is 1. The van der Waals surface area contributed by atoms with Crippen LogP contribution >= 0.6 is 0 Å². The van der Waals surface area contributed by atoms with Crippen molar-refractivity contribution >= 4 is 11.6 Å². The van der Waals surface area contributed by atoms with Crippen LogP contribution in [0.5, 0.6) is 0 Å². The van der Waals surface area contributed by atoms with Gasteiger partial charge in [0.1, 0.15) is 18.0 Å². The zero-order chi connectivity index (χ0) is 12.7. The smallest absolute Gasteiger partial charge is 0.137 e. The predicted octanol–water partition coefficient (Wildman–Crippen LogP) is 1.29. The van der Waals surface area contributed by atoms with Gasteiger partial charge in [-0.25, -0.2) is 9.97 Å². The second-order valence-electron chi connectivity index (χ2n) is 3.78. The molecule has 0 unspecified atom stereocenters. The quantitative estimate of drug-likeness (QED) is 0.749. The Kier molecular flexibility index (Phi) is 5.69. The van der Waals surface area contributed by atoms with E-state index in [0.29, 0.717) is 0 Å². The molecule has 96 valence electrons. The van der Waals surface area contributed by atoms with Crippen molar-refractivity contribution in [2.75, 3.05) is 37.0 Å². The number of aromatic nitrogens is 2. The Morgan fingerprint density at radius 1 is 1.35 bits per heavy atom. The van der Waals surface area contributed by atoms with E-state index in [4.69, 9.17) is 5.11 Å². The third-order valence-corrected chi connectivity index (χ3v) is 2.78. The Morgan fingerprint density at radius 3 is 2.65 bits per heavy atom. The summed E-state index contributed by atoms with van der Waals surface area (Å²) in [4.78, 5) is 10.8. The molecule has 1 rings (SSSR count). The van der Waals surface area contributed by atoms with Gasteiger partial charge in [0.2, 0.25) is 0 Å². The Labute approximate surface area is 103 Å². The standard InChI is InChI=1S/C12H22N4O/c1-4-10-11(13-3)14-9-15-12(10)16(5-2)7-6-8-17/h9,17H,4-8H2,1-3H3,(H,13,14,15). The first-order valence-corrected chi connectivity index (χ1v) is 6.15. The fraction of sp³-hybridized carbons (Fsp3) is 0.667. The molecule has 0 bridgehead atoms. The third kappa shape index (κ3) is 3.30. The summed E-state index contributed by atoms with van der Waals surface area (Å²) in [5, 5.41) is 12.0. The van der Waals surface area contributed by atoms with E-state index in [1.165, 1.54) is 0 Å². The average Bonchev–Trinajstić information content (AvgIpc) is 2.39. The van der Waals surface area contributed by atoms with Gasteiger partial charge in [-0.2, -0.15) is 0 Å². The summed E-state index contributed by atoms with van der Waals surface area (Å²) in [6.45, 7) is 6.11. The van der Waals surface area contributed by atoms with Gasteiger partial charge in [-0.05, 0) is 19.8 Å².